The Morgan fingerprint density at radius 3 is 2.47 bits per heavy atom. The maximum absolute atomic E-state index is 13.5. The summed E-state index contributed by atoms with van der Waals surface area (Å²) >= 11 is 4.76. The zero-order valence-corrected chi connectivity index (χ0v) is 11.2. The molecule has 0 aliphatic rings. The Bertz CT molecular complexity index is 522. The summed E-state index contributed by atoms with van der Waals surface area (Å²) in [4.78, 5) is 13.3. The largest absolute Gasteiger partial charge is 0.393 e. The summed E-state index contributed by atoms with van der Waals surface area (Å²) in [5.41, 5.74) is 4.88. The summed E-state index contributed by atoms with van der Waals surface area (Å²) in [6.45, 7) is 1.86. The van der Waals surface area contributed by atoms with Gasteiger partial charge in [0.2, 0.25) is 0 Å². The van der Waals surface area contributed by atoms with Crippen LogP contribution in [0.15, 0.2) is 12.1 Å². The molecule has 1 aromatic carbocycles. The molecule has 1 amide bonds. The highest BCUT2D eigenvalue weighted by Gasteiger charge is 2.22. The first-order valence-corrected chi connectivity index (χ1v) is 5.84. The van der Waals surface area contributed by atoms with Crippen LogP contribution in [0.2, 0.25) is 0 Å². The maximum Gasteiger partial charge on any atom is 0.256 e. The summed E-state index contributed by atoms with van der Waals surface area (Å²) in [7, 11) is 1.40. The lowest BCUT2D eigenvalue weighted by Gasteiger charge is -2.21. The Morgan fingerprint density at radius 1 is 1.37 bits per heavy atom. The van der Waals surface area contributed by atoms with Gasteiger partial charge < -0.3 is 10.6 Å². The van der Waals surface area contributed by atoms with Gasteiger partial charge in [-0.1, -0.05) is 19.1 Å². The Hall–Kier alpha value is -1.63. The third kappa shape index (κ3) is 3.44. The molecule has 0 saturated heterocycles. The van der Waals surface area contributed by atoms with Crippen molar-refractivity contribution in [2.75, 3.05) is 13.6 Å². The second kappa shape index (κ2) is 6.01. The van der Waals surface area contributed by atoms with Crippen LogP contribution < -0.4 is 5.73 Å². The first-order chi connectivity index (χ1) is 8.75. The van der Waals surface area contributed by atoms with Crippen molar-refractivity contribution in [3.05, 3.63) is 35.1 Å². The van der Waals surface area contributed by atoms with Gasteiger partial charge in [0.15, 0.2) is 17.5 Å². The molecule has 0 spiro atoms. The number of rotatable bonds is 4. The van der Waals surface area contributed by atoms with Crippen LogP contribution in [0.5, 0.6) is 0 Å². The minimum absolute atomic E-state index is 0.159. The summed E-state index contributed by atoms with van der Waals surface area (Å²) in [6, 6.07) is 1.61. The van der Waals surface area contributed by atoms with E-state index < -0.39 is 28.9 Å². The average Bonchev–Trinajstić information content (AvgIpc) is 2.35. The zero-order valence-electron chi connectivity index (χ0n) is 10.4. The molecule has 0 heterocycles. The quantitative estimate of drug-likeness (QED) is 0.682. The summed E-state index contributed by atoms with van der Waals surface area (Å²) in [5, 5.41) is 0. The molecule has 1 unspecified atom stereocenters. The molecule has 0 fully saturated rings. The number of amides is 1. The SMILES string of the molecule is CC(CN(C)C(=O)c1ccc(F)c(F)c1F)C(N)=S. The van der Waals surface area contributed by atoms with Crippen LogP contribution in [-0.2, 0) is 0 Å². The topological polar surface area (TPSA) is 46.3 Å². The molecule has 0 bridgehead atoms. The lowest BCUT2D eigenvalue weighted by molar-refractivity contribution is 0.0781. The van der Waals surface area contributed by atoms with E-state index in [1.165, 1.54) is 7.05 Å². The molecular weight excluding hydrogens is 277 g/mol. The number of nitrogens with zero attached hydrogens (tertiary/aromatic N) is 1. The highest BCUT2D eigenvalue weighted by atomic mass is 32.1. The Balaban J connectivity index is 2.95. The molecule has 0 radical (unpaired) electrons. The van der Waals surface area contributed by atoms with E-state index in [-0.39, 0.29) is 17.5 Å². The van der Waals surface area contributed by atoms with Crippen molar-refractivity contribution in [1.82, 2.24) is 4.90 Å². The molecule has 0 aliphatic heterocycles. The molecule has 2 N–H and O–H groups in total. The van der Waals surface area contributed by atoms with E-state index in [1.807, 2.05) is 0 Å². The van der Waals surface area contributed by atoms with E-state index in [4.69, 9.17) is 18.0 Å². The van der Waals surface area contributed by atoms with E-state index in [0.717, 1.165) is 11.0 Å². The van der Waals surface area contributed by atoms with Crippen molar-refractivity contribution in [2.45, 2.75) is 6.92 Å². The average molecular weight is 290 g/mol. The number of hydrogen-bond acceptors (Lipinski definition) is 2. The van der Waals surface area contributed by atoms with E-state index >= 15 is 0 Å². The van der Waals surface area contributed by atoms with Crippen molar-refractivity contribution < 1.29 is 18.0 Å². The van der Waals surface area contributed by atoms with Crippen molar-refractivity contribution in [3.63, 3.8) is 0 Å². The molecule has 104 valence electrons. The van der Waals surface area contributed by atoms with Gasteiger partial charge in [-0.25, -0.2) is 13.2 Å². The molecule has 0 saturated carbocycles. The monoisotopic (exact) mass is 290 g/mol. The van der Waals surface area contributed by atoms with Gasteiger partial charge in [0.25, 0.3) is 5.91 Å². The lowest BCUT2D eigenvalue weighted by Crippen LogP contribution is -2.36. The first-order valence-electron chi connectivity index (χ1n) is 5.44. The minimum Gasteiger partial charge on any atom is -0.393 e. The first kappa shape index (κ1) is 15.4. The van der Waals surface area contributed by atoms with Gasteiger partial charge in [-0.05, 0) is 12.1 Å². The van der Waals surface area contributed by atoms with E-state index in [2.05, 4.69) is 0 Å². The van der Waals surface area contributed by atoms with E-state index in [9.17, 15) is 18.0 Å². The normalized spacial score (nSPS) is 12.1. The summed E-state index contributed by atoms with van der Waals surface area (Å²) in [6.07, 6.45) is 0. The molecule has 1 rings (SSSR count). The fourth-order valence-electron chi connectivity index (χ4n) is 1.48. The lowest BCUT2D eigenvalue weighted by atomic mass is 10.1. The van der Waals surface area contributed by atoms with Crippen molar-refractivity contribution in [2.24, 2.45) is 11.7 Å². The Morgan fingerprint density at radius 2 is 1.95 bits per heavy atom. The maximum atomic E-state index is 13.5. The smallest absolute Gasteiger partial charge is 0.256 e. The Kier molecular flexibility index (Phi) is 4.88. The fraction of sp³-hybridized carbons (Fsp3) is 0.333. The van der Waals surface area contributed by atoms with Gasteiger partial charge in [0.1, 0.15) is 0 Å². The molecule has 0 aliphatic carbocycles. The highest BCUT2D eigenvalue weighted by Crippen LogP contribution is 2.17. The molecular formula is C12H13F3N2OS. The molecule has 1 atom stereocenters. The van der Waals surface area contributed by atoms with Gasteiger partial charge >= 0.3 is 0 Å². The second-order valence-electron chi connectivity index (χ2n) is 4.21. The second-order valence-corrected chi connectivity index (χ2v) is 4.68. The number of carbonyl (C=O) groups is 1. The fourth-order valence-corrected chi connectivity index (χ4v) is 1.55. The standard InChI is InChI=1S/C12H13F3N2OS/c1-6(11(16)19)5-17(2)12(18)7-3-4-8(13)10(15)9(7)14/h3-4,6H,5H2,1-2H3,(H2,16,19). The van der Waals surface area contributed by atoms with Gasteiger partial charge in [-0.2, -0.15) is 0 Å². The summed E-state index contributed by atoms with van der Waals surface area (Å²) in [5.74, 6) is -5.54. The van der Waals surface area contributed by atoms with Crippen LogP contribution in [0.1, 0.15) is 17.3 Å². The number of benzene rings is 1. The predicted molar refractivity (Wildman–Crippen MR) is 69.2 cm³/mol. The third-order valence-electron chi connectivity index (χ3n) is 2.65. The van der Waals surface area contributed by atoms with Crippen LogP contribution in [0, 0.1) is 23.4 Å². The van der Waals surface area contributed by atoms with Crippen LogP contribution in [0.4, 0.5) is 13.2 Å². The van der Waals surface area contributed by atoms with Gasteiger partial charge in [-0.15, -0.1) is 0 Å². The predicted octanol–water partition coefficient (Wildman–Crippen LogP) is 2.10. The van der Waals surface area contributed by atoms with Crippen molar-refractivity contribution >= 4 is 23.1 Å². The number of halogens is 3. The van der Waals surface area contributed by atoms with Crippen LogP contribution in [0.25, 0.3) is 0 Å². The number of nitrogens with two attached hydrogens (primary N) is 1. The van der Waals surface area contributed by atoms with Crippen molar-refractivity contribution in [1.29, 1.82) is 0 Å². The van der Waals surface area contributed by atoms with Gasteiger partial charge in [-0.3, -0.25) is 4.79 Å². The number of hydrogen-bond donors (Lipinski definition) is 1. The molecule has 1 aromatic rings. The molecule has 0 aromatic heterocycles. The van der Waals surface area contributed by atoms with Crippen LogP contribution in [0.3, 0.4) is 0 Å². The minimum atomic E-state index is -1.67. The summed E-state index contributed by atoms with van der Waals surface area (Å²) < 4.78 is 39.3. The van der Waals surface area contributed by atoms with Gasteiger partial charge in [0, 0.05) is 19.5 Å². The number of carbonyl (C=O) groups excluding carboxylic acids is 1. The number of thiocarbonyl (C=S) groups is 1. The van der Waals surface area contributed by atoms with Crippen LogP contribution >= 0.6 is 12.2 Å². The molecule has 19 heavy (non-hydrogen) atoms. The molecule has 7 heteroatoms. The van der Waals surface area contributed by atoms with Gasteiger partial charge in [0.05, 0.1) is 10.6 Å². The third-order valence-corrected chi connectivity index (χ3v) is 3.05. The van der Waals surface area contributed by atoms with E-state index in [1.54, 1.807) is 6.92 Å². The van der Waals surface area contributed by atoms with E-state index in [0.29, 0.717) is 6.07 Å². The van der Waals surface area contributed by atoms with Crippen LogP contribution in [-0.4, -0.2) is 29.4 Å². The zero-order chi connectivity index (χ0) is 14.7. The Labute approximate surface area is 114 Å². The highest BCUT2D eigenvalue weighted by molar-refractivity contribution is 7.80. The molecule has 3 nitrogen and oxygen atoms in total. The van der Waals surface area contributed by atoms with Crippen molar-refractivity contribution in [3.8, 4) is 0 Å².